The maximum absolute atomic E-state index is 8.63. The highest BCUT2D eigenvalue weighted by atomic mass is 28.2. The molecular weight excluding hydrogens is 132 g/mol. The molecule has 0 aliphatic rings. The number of hydrogen-bond acceptors (Lipinski definition) is 2. The van der Waals surface area contributed by atoms with E-state index in [1.165, 1.54) is 0 Å². The van der Waals surface area contributed by atoms with Crippen LogP contribution in [0, 0.1) is 0 Å². The second kappa shape index (κ2) is 5.34. The number of phenols is 1. The maximum Gasteiger partial charge on any atom is 0.141 e. The Morgan fingerprint density at radius 2 is 1.44 bits per heavy atom. The van der Waals surface area contributed by atoms with Crippen molar-refractivity contribution in [2.75, 3.05) is 0 Å². The Morgan fingerprint density at radius 1 is 1.00 bits per heavy atom. The molecule has 0 atom stereocenters. The zero-order valence-corrected chi connectivity index (χ0v) is 7.28. The van der Waals surface area contributed by atoms with Gasteiger partial charge in [0, 0.05) is 0 Å². The van der Waals surface area contributed by atoms with Crippen molar-refractivity contribution in [1.82, 2.24) is 0 Å². The highest BCUT2D eigenvalue weighted by molar-refractivity contribution is 5.95. The molecule has 0 aliphatic carbocycles. The second-order valence-electron chi connectivity index (χ2n) is 1.34. The van der Waals surface area contributed by atoms with Crippen LogP contribution in [0.4, 0.5) is 0 Å². The fourth-order valence-electron chi connectivity index (χ4n) is 0.428. The Bertz CT molecular complexity index is 141. The predicted octanol–water partition coefficient (Wildman–Crippen LogP) is -0.349. The molecule has 0 saturated heterocycles. The zero-order valence-electron chi connectivity index (χ0n) is 5.28. The molecule has 0 saturated carbocycles. The molecule has 0 aliphatic heterocycles. The molecule has 0 amide bonds. The van der Waals surface area contributed by atoms with Crippen LogP contribution in [0.2, 0.25) is 0 Å². The van der Waals surface area contributed by atoms with E-state index in [9.17, 15) is 0 Å². The molecule has 0 heterocycles. The number of phenolic OH excluding ortho intramolecular Hbond substituents is 1. The summed E-state index contributed by atoms with van der Waals surface area (Å²) in [6.45, 7) is 0. The smallest absolute Gasteiger partial charge is 0.141 e. The van der Waals surface area contributed by atoms with E-state index in [1.54, 1.807) is 24.3 Å². The number of para-hydroxylation sites is 1. The summed E-state index contributed by atoms with van der Waals surface area (Å²) in [5.41, 5.74) is 0. The highest BCUT2D eigenvalue weighted by Crippen LogP contribution is 2.02. The van der Waals surface area contributed by atoms with Crippen molar-refractivity contribution in [3.63, 3.8) is 0 Å². The van der Waals surface area contributed by atoms with E-state index in [1.807, 2.05) is 6.07 Å². The van der Waals surface area contributed by atoms with Gasteiger partial charge in [-0.05, 0) is 12.1 Å². The minimum Gasteiger partial charge on any atom is -0.508 e. The fraction of sp³-hybridized carbons (Fsp3) is 0. The first kappa shape index (κ1) is 8.20. The van der Waals surface area contributed by atoms with Crippen molar-refractivity contribution in [3.8, 4) is 5.75 Å². The van der Waals surface area contributed by atoms with Gasteiger partial charge in [-0.1, -0.05) is 18.2 Å². The average Bonchev–Trinajstić information content (AvgIpc) is 1.94. The molecule has 0 spiro atoms. The van der Waals surface area contributed by atoms with Gasteiger partial charge in [0.2, 0.25) is 0 Å². The molecule has 1 rings (SSSR count). The van der Waals surface area contributed by atoms with Crippen molar-refractivity contribution in [3.05, 3.63) is 30.3 Å². The molecule has 9 heavy (non-hydrogen) atoms. The molecule has 0 radical (unpaired) electrons. The van der Waals surface area contributed by atoms with E-state index in [2.05, 4.69) is 0 Å². The summed E-state index contributed by atoms with van der Waals surface area (Å²) >= 11 is 0. The lowest BCUT2D eigenvalue weighted by Gasteiger charge is -1.82. The zero-order chi connectivity index (χ0) is 7.11. The monoisotopic (exact) mass is 142 g/mol. The Hall–Kier alpha value is -0.803. The molecule has 3 heteroatoms. The van der Waals surface area contributed by atoms with Crippen LogP contribution in [0.25, 0.3) is 0 Å². The lowest BCUT2D eigenvalue weighted by atomic mass is 10.3. The summed E-state index contributed by atoms with van der Waals surface area (Å²) in [4.78, 5) is 7.14. The van der Waals surface area contributed by atoms with Crippen molar-refractivity contribution < 1.29 is 9.90 Å². The SMILES string of the molecule is O[SiH3].Oc1ccccc1. The minimum atomic E-state index is 0.306. The van der Waals surface area contributed by atoms with Crippen LogP contribution >= 0.6 is 0 Å². The summed E-state index contributed by atoms with van der Waals surface area (Å²) in [6, 6.07) is 8.71. The van der Waals surface area contributed by atoms with Crippen LogP contribution < -0.4 is 0 Å². The second-order valence-corrected chi connectivity index (χ2v) is 1.34. The molecule has 0 unspecified atom stereocenters. The van der Waals surface area contributed by atoms with Crippen LogP contribution in [-0.2, 0) is 0 Å². The van der Waals surface area contributed by atoms with Gasteiger partial charge in [-0.2, -0.15) is 0 Å². The Balaban J connectivity index is 0.000000291. The van der Waals surface area contributed by atoms with Gasteiger partial charge in [0.1, 0.15) is 16.2 Å². The van der Waals surface area contributed by atoms with Crippen molar-refractivity contribution in [1.29, 1.82) is 0 Å². The van der Waals surface area contributed by atoms with E-state index in [0.717, 1.165) is 0 Å². The molecule has 0 aromatic heterocycles. The minimum absolute atomic E-state index is 0.306. The summed E-state index contributed by atoms with van der Waals surface area (Å²) < 4.78 is 0. The van der Waals surface area contributed by atoms with Gasteiger partial charge in [-0.3, -0.25) is 0 Å². The van der Waals surface area contributed by atoms with Gasteiger partial charge in [0.25, 0.3) is 0 Å². The normalized spacial score (nSPS) is 7.67. The first-order valence-electron chi connectivity index (χ1n) is 2.58. The summed E-state index contributed by atoms with van der Waals surface area (Å²) in [5.74, 6) is 0.322. The molecular formula is C6H10O2Si. The predicted molar refractivity (Wildman–Crippen MR) is 40.3 cm³/mol. The standard InChI is InChI=1S/C6H6O.H4OSi/c7-6-4-2-1-3-5-6;1-2/h1-5,7H;1H,2H3. The third-order valence-electron chi connectivity index (χ3n) is 0.756. The van der Waals surface area contributed by atoms with Gasteiger partial charge in [0.15, 0.2) is 0 Å². The lowest BCUT2D eigenvalue weighted by molar-refractivity contribution is 0.475. The van der Waals surface area contributed by atoms with Gasteiger partial charge < -0.3 is 9.90 Å². The Kier molecular flexibility index (Phi) is 4.86. The lowest BCUT2D eigenvalue weighted by Crippen LogP contribution is -1.56. The van der Waals surface area contributed by atoms with Crippen molar-refractivity contribution >= 4 is 10.5 Å². The van der Waals surface area contributed by atoms with Crippen LogP contribution in [0.3, 0.4) is 0 Å². The maximum atomic E-state index is 8.63. The number of hydrogen-bond donors (Lipinski definition) is 2. The third-order valence-corrected chi connectivity index (χ3v) is 0.756. The van der Waals surface area contributed by atoms with E-state index in [4.69, 9.17) is 9.90 Å². The molecule has 2 N–H and O–H groups in total. The van der Waals surface area contributed by atoms with E-state index >= 15 is 0 Å². The molecule has 1 aromatic rings. The van der Waals surface area contributed by atoms with E-state index in [0.29, 0.717) is 16.2 Å². The number of rotatable bonds is 0. The first-order valence-corrected chi connectivity index (χ1v) is 3.48. The molecule has 50 valence electrons. The van der Waals surface area contributed by atoms with Gasteiger partial charge in [0.05, 0.1) is 0 Å². The van der Waals surface area contributed by atoms with Crippen molar-refractivity contribution in [2.24, 2.45) is 0 Å². The Labute approximate surface area is 57.3 Å². The van der Waals surface area contributed by atoms with Gasteiger partial charge in [-0.25, -0.2) is 0 Å². The van der Waals surface area contributed by atoms with Crippen molar-refractivity contribution in [2.45, 2.75) is 0 Å². The summed E-state index contributed by atoms with van der Waals surface area (Å²) in [6.07, 6.45) is 0. The van der Waals surface area contributed by atoms with E-state index < -0.39 is 0 Å². The van der Waals surface area contributed by atoms with Gasteiger partial charge >= 0.3 is 0 Å². The first-order chi connectivity index (χ1) is 4.39. The largest absolute Gasteiger partial charge is 0.508 e. The average molecular weight is 142 g/mol. The van der Waals surface area contributed by atoms with Crippen LogP contribution in [0.5, 0.6) is 5.75 Å². The van der Waals surface area contributed by atoms with Crippen LogP contribution in [0.1, 0.15) is 0 Å². The molecule has 0 fully saturated rings. The summed E-state index contributed by atoms with van der Waals surface area (Å²) in [7, 11) is 0.306. The molecule has 0 bridgehead atoms. The highest BCUT2D eigenvalue weighted by Gasteiger charge is 1.74. The summed E-state index contributed by atoms with van der Waals surface area (Å²) in [5, 5.41) is 8.63. The quantitative estimate of drug-likeness (QED) is 0.486. The molecule has 1 aromatic carbocycles. The molecule has 2 nitrogen and oxygen atoms in total. The van der Waals surface area contributed by atoms with Gasteiger partial charge in [-0.15, -0.1) is 0 Å². The third kappa shape index (κ3) is 3.75. The number of benzene rings is 1. The van der Waals surface area contributed by atoms with Crippen LogP contribution in [-0.4, -0.2) is 20.4 Å². The van der Waals surface area contributed by atoms with Crippen LogP contribution in [0.15, 0.2) is 30.3 Å². The Morgan fingerprint density at radius 3 is 1.67 bits per heavy atom. The number of aromatic hydroxyl groups is 1. The fourth-order valence-corrected chi connectivity index (χ4v) is 0.428. The topological polar surface area (TPSA) is 40.5 Å². The van der Waals surface area contributed by atoms with E-state index in [-0.39, 0.29) is 0 Å².